The van der Waals surface area contributed by atoms with Crippen molar-refractivity contribution in [3.05, 3.63) is 26.0 Å². The third-order valence-corrected chi connectivity index (χ3v) is 2.38. The monoisotopic (exact) mass is 193 g/mol. The fourth-order valence-electron chi connectivity index (χ4n) is 0.783. The molecule has 2 N–H and O–H groups in total. The van der Waals surface area contributed by atoms with Gasteiger partial charge in [0, 0.05) is 0 Å². The summed E-state index contributed by atoms with van der Waals surface area (Å²) in [5.74, 6) is 2.68. The van der Waals surface area contributed by atoms with E-state index in [0.717, 1.165) is 0 Å². The summed E-state index contributed by atoms with van der Waals surface area (Å²) in [5.41, 5.74) is 7.38. The van der Waals surface area contributed by atoms with Crippen LogP contribution in [0.5, 0.6) is 0 Å². The van der Waals surface area contributed by atoms with Crippen LogP contribution >= 0.6 is 0 Å². The van der Waals surface area contributed by atoms with Crippen molar-refractivity contribution < 1.29 is 0 Å². The predicted octanol–water partition coefficient (Wildman–Crippen LogP) is 0.0937. The molecule has 1 rings (SSSR count). The fraction of sp³-hybridized carbons (Fsp3) is 0.333. The third kappa shape index (κ3) is 1.87. The SMILES string of the molecule is C[Si](C)(C)C#Cc1c(N)c(=O)c1=O. The minimum Gasteiger partial charge on any atom is -0.394 e. The molecule has 0 fully saturated rings. The van der Waals surface area contributed by atoms with E-state index < -0.39 is 18.9 Å². The van der Waals surface area contributed by atoms with Crippen LogP contribution in [0.2, 0.25) is 19.6 Å². The molecular weight excluding hydrogens is 182 g/mol. The maximum Gasteiger partial charge on any atom is 0.251 e. The molecule has 0 spiro atoms. The van der Waals surface area contributed by atoms with Gasteiger partial charge in [-0.2, -0.15) is 0 Å². The molecule has 1 aromatic carbocycles. The molecule has 0 heterocycles. The highest BCUT2D eigenvalue weighted by atomic mass is 28.3. The highest BCUT2D eigenvalue weighted by Crippen LogP contribution is 2.02. The van der Waals surface area contributed by atoms with Crippen LogP contribution in [0.4, 0.5) is 5.69 Å². The van der Waals surface area contributed by atoms with Gasteiger partial charge >= 0.3 is 0 Å². The summed E-state index contributed by atoms with van der Waals surface area (Å²) < 4.78 is 0. The maximum absolute atomic E-state index is 10.9. The molecule has 0 saturated carbocycles. The van der Waals surface area contributed by atoms with E-state index >= 15 is 0 Å². The maximum atomic E-state index is 10.9. The van der Waals surface area contributed by atoms with E-state index in [4.69, 9.17) is 5.73 Å². The molecule has 4 heteroatoms. The Hall–Kier alpha value is -1.34. The summed E-state index contributed by atoms with van der Waals surface area (Å²) in [6, 6.07) is 0. The summed E-state index contributed by atoms with van der Waals surface area (Å²) in [6.45, 7) is 6.17. The summed E-state index contributed by atoms with van der Waals surface area (Å²) in [4.78, 5) is 21.6. The normalized spacial score (nSPS) is 11.0. The molecule has 3 nitrogen and oxygen atoms in total. The number of hydrogen-bond acceptors (Lipinski definition) is 3. The lowest BCUT2D eigenvalue weighted by Gasteiger charge is -2.04. The van der Waals surface area contributed by atoms with Gasteiger partial charge in [0.25, 0.3) is 5.43 Å². The summed E-state index contributed by atoms with van der Waals surface area (Å²) in [7, 11) is -1.50. The van der Waals surface area contributed by atoms with E-state index in [1.165, 1.54) is 0 Å². The van der Waals surface area contributed by atoms with Gasteiger partial charge in [0.1, 0.15) is 19.3 Å². The van der Waals surface area contributed by atoms with Gasteiger partial charge in [-0.05, 0) is 0 Å². The number of hydrogen-bond donors (Lipinski definition) is 1. The third-order valence-electron chi connectivity index (χ3n) is 1.51. The van der Waals surface area contributed by atoms with Crippen molar-refractivity contribution >= 4 is 13.8 Å². The van der Waals surface area contributed by atoms with Gasteiger partial charge in [0.05, 0.1) is 0 Å². The molecule has 0 aliphatic carbocycles. The molecule has 0 amide bonds. The fourth-order valence-corrected chi connectivity index (χ4v) is 1.28. The number of rotatable bonds is 0. The van der Waals surface area contributed by atoms with Crippen LogP contribution in [0, 0.1) is 11.5 Å². The van der Waals surface area contributed by atoms with Crippen LogP contribution in [0.1, 0.15) is 5.56 Å². The Kier molecular flexibility index (Phi) is 2.14. The molecule has 13 heavy (non-hydrogen) atoms. The quantitative estimate of drug-likeness (QED) is 0.361. The first-order chi connectivity index (χ1) is 5.83. The molecule has 0 aliphatic heterocycles. The largest absolute Gasteiger partial charge is 0.394 e. The molecule has 0 atom stereocenters. The second kappa shape index (κ2) is 2.86. The van der Waals surface area contributed by atoms with Crippen molar-refractivity contribution in [3.8, 4) is 11.5 Å². The lowest BCUT2D eigenvalue weighted by atomic mass is 10.1. The lowest BCUT2D eigenvalue weighted by Crippen LogP contribution is -2.37. The van der Waals surface area contributed by atoms with E-state index in [1.807, 2.05) is 0 Å². The Bertz CT molecular complexity index is 464. The Labute approximate surface area is 77.3 Å². The average Bonchev–Trinajstić information content (AvgIpc) is 2.01. The van der Waals surface area contributed by atoms with Crippen molar-refractivity contribution in [1.29, 1.82) is 0 Å². The molecule has 0 bridgehead atoms. The predicted molar refractivity (Wildman–Crippen MR) is 56.0 cm³/mol. The van der Waals surface area contributed by atoms with Crippen molar-refractivity contribution in [2.75, 3.05) is 5.73 Å². The Morgan fingerprint density at radius 1 is 1.15 bits per heavy atom. The first kappa shape index (κ1) is 9.74. The Balaban J connectivity index is 3.07. The second-order valence-electron chi connectivity index (χ2n) is 3.95. The van der Waals surface area contributed by atoms with Crippen LogP contribution in [0.3, 0.4) is 0 Å². The van der Waals surface area contributed by atoms with Gasteiger partial charge in [-0.3, -0.25) is 9.59 Å². The molecule has 68 valence electrons. The smallest absolute Gasteiger partial charge is 0.251 e. The van der Waals surface area contributed by atoms with E-state index in [9.17, 15) is 9.59 Å². The second-order valence-corrected chi connectivity index (χ2v) is 8.70. The van der Waals surface area contributed by atoms with Gasteiger partial charge in [-0.1, -0.05) is 25.6 Å². The van der Waals surface area contributed by atoms with Crippen LogP contribution in [0.15, 0.2) is 9.59 Å². The van der Waals surface area contributed by atoms with Gasteiger partial charge in [-0.15, -0.1) is 5.54 Å². The molecule has 1 aromatic rings. The molecule has 0 saturated heterocycles. The Morgan fingerprint density at radius 3 is 2.08 bits per heavy atom. The van der Waals surface area contributed by atoms with Crippen molar-refractivity contribution in [3.63, 3.8) is 0 Å². The molecule has 0 radical (unpaired) electrons. The summed E-state index contributed by atoms with van der Waals surface area (Å²) in [5, 5.41) is 0. The minimum absolute atomic E-state index is 0.0238. The number of nitrogens with two attached hydrogens (primary N) is 1. The summed E-state index contributed by atoms with van der Waals surface area (Å²) in [6.07, 6.45) is 0. The van der Waals surface area contributed by atoms with Crippen LogP contribution in [-0.2, 0) is 0 Å². The zero-order valence-corrected chi connectivity index (χ0v) is 8.89. The topological polar surface area (TPSA) is 60.2 Å². The van der Waals surface area contributed by atoms with Gasteiger partial charge < -0.3 is 5.73 Å². The Morgan fingerprint density at radius 2 is 1.69 bits per heavy atom. The van der Waals surface area contributed by atoms with Crippen LogP contribution < -0.4 is 16.6 Å². The molecule has 0 aliphatic rings. The highest BCUT2D eigenvalue weighted by molar-refractivity contribution is 6.83. The van der Waals surface area contributed by atoms with Gasteiger partial charge in [-0.25, -0.2) is 0 Å². The standard InChI is InChI=1S/C9H11NO2Si/c1-13(2,3)5-4-6-7(10)9(12)8(6)11/h10H2,1-3H3. The van der Waals surface area contributed by atoms with Crippen LogP contribution in [-0.4, -0.2) is 8.07 Å². The summed E-state index contributed by atoms with van der Waals surface area (Å²) >= 11 is 0. The van der Waals surface area contributed by atoms with Gasteiger partial charge in [0.15, 0.2) is 0 Å². The van der Waals surface area contributed by atoms with Crippen molar-refractivity contribution in [1.82, 2.24) is 0 Å². The molecule has 0 unspecified atom stereocenters. The van der Waals surface area contributed by atoms with Crippen molar-refractivity contribution in [2.45, 2.75) is 19.6 Å². The first-order valence-electron chi connectivity index (χ1n) is 3.95. The van der Waals surface area contributed by atoms with E-state index in [-0.39, 0.29) is 11.3 Å². The first-order valence-corrected chi connectivity index (χ1v) is 7.45. The van der Waals surface area contributed by atoms with Gasteiger partial charge in [0.2, 0.25) is 5.43 Å². The van der Waals surface area contributed by atoms with E-state index in [2.05, 4.69) is 31.1 Å². The zero-order chi connectivity index (χ0) is 10.2. The lowest BCUT2D eigenvalue weighted by molar-refractivity contribution is 1.38. The zero-order valence-electron chi connectivity index (χ0n) is 7.89. The van der Waals surface area contributed by atoms with E-state index in [1.54, 1.807) is 0 Å². The average molecular weight is 193 g/mol. The number of anilines is 1. The van der Waals surface area contributed by atoms with Crippen molar-refractivity contribution in [2.24, 2.45) is 0 Å². The minimum atomic E-state index is -1.50. The highest BCUT2D eigenvalue weighted by Gasteiger charge is 2.16. The van der Waals surface area contributed by atoms with E-state index in [0.29, 0.717) is 0 Å². The number of nitrogen functional groups attached to an aromatic ring is 1. The molecule has 0 aromatic heterocycles. The van der Waals surface area contributed by atoms with Crippen LogP contribution in [0.25, 0.3) is 0 Å². The molecular formula is C9H11NO2Si.